The first-order valence-electron chi connectivity index (χ1n) is 6.61. The van der Waals surface area contributed by atoms with Crippen LogP contribution >= 0.6 is 23.2 Å². The third-order valence-electron chi connectivity index (χ3n) is 2.64. The van der Waals surface area contributed by atoms with Gasteiger partial charge in [0.1, 0.15) is 22.6 Å². The fraction of sp³-hybridized carbons (Fsp3) is 0.125. The van der Waals surface area contributed by atoms with E-state index in [1.165, 1.54) is 12.3 Å². The quantitative estimate of drug-likeness (QED) is 0.769. The Morgan fingerprint density at radius 3 is 2.52 bits per heavy atom. The first-order valence-corrected chi connectivity index (χ1v) is 7.36. The minimum Gasteiger partial charge on any atom is -0.487 e. The molecule has 1 atom stereocenters. The summed E-state index contributed by atoms with van der Waals surface area (Å²) >= 11 is 11.8. The second kappa shape index (κ2) is 7.85. The summed E-state index contributed by atoms with van der Waals surface area (Å²) in [6, 6.07) is 8.32. The van der Waals surface area contributed by atoms with E-state index in [2.05, 4.69) is 4.98 Å². The summed E-state index contributed by atoms with van der Waals surface area (Å²) in [4.78, 5) is 14.4. The number of aliphatic carboxylic acids is 1. The van der Waals surface area contributed by atoms with Gasteiger partial charge in [-0.2, -0.15) is 0 Å². The molecular weight excluding hydrogens is 341 g/mol. The lowest BCUT2D eigenvalue weighted by atomic mass is 10.3. The van der Waals surface area contributed by atoms with Gasteiger partial charge in [-0.25, -0.2) is 9.78 Å². The number of hydrogen-bond acceptors (Lipinski definition) is 4. The third-order valence-corrected chi connectivity index (χ3v) is 3.12. The molecule has 1 unspecified atom stereocenters. The Labute approximate surface area is 143 Å². The van der Waals surface area contributed by atoms with Crippen LogP contribution in [0.15, 0.2) is 48.7 Å². The molecule has 2 aromatic rings. The van der Waals surface area contributed by atoms with Crippen molar-refractivity contribution in [1.29, 1.82) is 0 Å². The van der Waals surface area contributed by atoms with Gasteiger partial charge >= 0.3 is 5.97 Å². The Balaban J connectivity index is 2.00. The van der Waals surface area contributed by atoms with Crippen molar-refractivity contribution in [3.05, 3.63) is 58.7 Å². The zero-order valence-electron chi connectivity index (χ0n) is 12.1. The van der Waals surface area contributed by atoms with Gasteiger partial charge in [0.2, 0.25) is 5.88 Å². The molecule has 1 aromatic carbocycles. The number of carboxylic acid groups (broad SMARTS) is 1. The predicted octanol–water partition coefficient (Wildman–Crippen LogP) is 4.59. The van der Waals surface area contributed by atoms with Crippen LogP contribution < -0.4 is 9.47 Å². The molecule has 1 aromatic heterocycles. The molecule has 0 saturated heterocycles. The van der Waals surface area contributed by atoms with Crippen molar-refractivity contribution in [1.82, 2.24) is 4.98 Å². The van der Waals surface area contributed by atoms with E-state index in [-0.39, 0.29) is 12.0 Å². The lowest BCUT2D eigenvalue weighted by molar-refractivity contribution is -0.131. The Morgan fingerprint density at radius 2 is 1.91 bits per heavy atom. The van der Waals surface area contributed by atoms with Gasteiger partial charge in [-0.3, -0.25) is 0 Å². The van der Waals surface area contributed by atoms with E-state index in [9.17, 15) is 4.79 Å². The van der Waals surface area contributed by atoms with Gasteiger partial charge in [0.05, 0.1) is 5.02 Å². The van der Waals surface area contributed by atoms with Crippen LogP contribution in [0.3, 0.4) is 0 Å². The molecule has 23 heavy (non-hydrogen) atoms. The summed E-state index contributed by atoms with van der Waals surface area (Å²) in [7, 11) is 0. The van der Waals surface area contributed by atoms with E-state index >= 15 is 0 Å². The molecule has 0 radical (unpaired) electrons. The molecule has 7 heteroatoms. The maximum absolute atomic E-state index is 10.4. The number of halogens is 2. The summed E-state index contributed by atoms with van der Waals surface area (Å²) < 4.78 is 11.1. The summed E-state index contributed by atoms with van der Waals surface area (Å²) in [5, 5.41) is 9.30. The number of rotatable bonds is 6. The Bertz CT molecular complexity index is 717. The normalized spacial score (nSPS) is 12.1. The van der Waals surface area contributed by atoms with Gasteiger partial charge in [0.25, 0.3) is 0 Å². The summed E-state index contributed by atoms with van der Waals surface area (Å²) in [6.45, 7) is 1.74. The Kier molecular flexibility index (Phi) is 5.84. The highest BCUT2D eigenvalue weighted by Gasteiger charge is 2.07. The monoisotopic (exact) mass is 353 g/mol. The minimum atomic E-state index is -1.02. The van der Waals surface area contributed by atoms with E-state index in [4.69, 9.17) is 37.8 Å². The third kappa shape index (κ3) is 5.47. The number of carboxylic acids is 1. The van der Waals surface area contributed by atoms with Crippen LogP contribution in [0.2, 0.25) is 10.0 Å². The number of nitrogens with zero attached hydrogens (tertiary/aromatic N) is 1. The summed E-state index contributed by atoms with van der Waals surface area (Å²) in [5.74, 6) is 0.344. The van der Waals surface area contributed by atoms with Crippen LogP contribution in [0.25, 0.3) is 0 Å². The van der Waals surface area contributed by atoms with Crippen LogP contribution in [0.5, 0.6) is 17.4 Å². The van der Waals surface area contributed by atoms with Gasteiger partial charge in [0, 0.05) is 12.3 Å². The van der Waals surface area contributed by atoms with Crippen molar-refractivity contribution >= 4 is 29.2 Å². The maximum Gasteiger partial charge on any atom is 0.328 e. The predicted molar refractivity (Wildman–Crippen MR) is 87.6 cm³/mol. The fourth-order valence-electron chi connectivity index (χ4n) is 1.65. The SMILES string of the molecule is CC(C=CC(=O)O)Oc1ccc(Oc2ncc(Cl)cc2Cl)cc1. The Morgan fingerprint density at radius 1 is 1.26 bits per heavy atom. The van der Waals surface area contributed by atoms with Crippen molar-refractivity contribution in [2.45, 2.75) is 13.0 Å². The fourth-order valence-corrected chi connectivity index (χ4v) is 2.07. The molecule has 5 nitrogen and oxygen atoms in total. The van der Waals surface area contributed by atoms with E-state index in [0.29, 0.717) is 21.5 Å². The lowest BCUT2D eigenvalue weighted by Crippen LogP contribution is -2.08. The molecule has 120 valence electrons. The molecule has 0 saturated carbocycles. The largest absolute Gasteiger partial charge is 0.487 e. The molecule has 0 aliphatic heterocycles. The van der Waals surface area contributed by atoms with Gasteiger partial charge in [-0.15, -0.1) is 0 Å². The highest BCUT2D eigenvalue weighted by atomic mass is 35.5. The highest BCUT2D eigenvalue weighted by molar-refractivity contribution is 6.35. The van der Waals surface area contributed by atoms with Gasteiger partial charge in [-0.1, -0.05) is 23.2 Å². The van der Waals surface area contributed by atoms with Gasteiger partial charge in [-0.05, 0) is 43.3 Å². The highest BCUT2D eigenvalue weighted by Crippen LogP contribution is 2.29. The van der Waals surface area contributed by atoms with Crippen molar-refractivity contribution in [2.75, 3.05) is 0 Å². The van der Waals surface area contributed by atoms with Gasteiger partial charge in [0.15, 0.2) is 0 Å². The zero-order valence-corrected chi connectivity index (χ0v) is 13.6. The maximum atomic E-state index is 10.4. The number of pyridine rings is 1. The molecular formula is C16H13Cl2NO4. The smallest absolute Gasteiger partial charge is 0.328 e. The zero-order chi connectivity index (χ0) is 16.8. The van der Waals surface area contributed by atoms with Crippen molar-refractivity contribution in [3.8, 4) is 17.4 Å². The second-order valence-electron chi connectivity index (χ2n) is 4.53. The number of benzene rings is 1. The van der Waals surface area contributed by atoms with Crippen LogP contribution in [-0.2, 0) is 4.79 Å². The molecule has 0 fully saturated rings. The molecule has 0 aliphatic carbocycles. The van der Waals surface area contributed by atoms with Crippen molar-refractivity contribution in [3.63, 3.8) is 0 Å². The molecule has 0 aliphatic rings. The molecule has 2 rings (SSSR count). The average molecular weight is 354 g/mol. The first kappa shape index (κ1) is 17.1. The van der Waals surface area contributed by atoms with E-state index in [1.54, 1.807) is 37.3 Å². The second-order valence-corrected chi connectivity index (χ2v) is 5.38. The first-order chi connectivity index (χ1) is 10.9. The average Bonchev–Trinajstić information content (AvgIpc) is 2.50. The van der Waals surface area contributed by atoms with Crippen molar-refractivity contribution < 1.29 is 19.4 Å². The van der Waals surface area contributed by atoms with Gasteiger partial charge < -0.3 is 14.6 Å². The van der Waals surface area contributed by atoms with Crippen LogP contribution in [0, 0.1) is 0 Å². The minimum absolute atomic E-state index is 0.252. The topological polar surface area (TPSA) is 68.7 Å². The number of aromatic nitrogens is 1. The number of carbonyl (C=O) groups is 1. The van der Waals surface area contributed by atoms with E-state index < -0.39 is 5.97 Å². The standard InChI is InChI=1S/C16H13Cl2NO4/c1-10(2-7-15(20)21)22-12-3-5-13(6-4-12)23-16-14(18)8-11(17)9-19-16/h2-10H,1H3,(H,20,21). The summed E-state index contributed by atoms with van der Waals surface area (Å²) in [5.41, 5.74) is 0. The lowest BCUT2D eigenvalue weighted by Gasteiger charge is -2.11. The van der Waals surface area contributed by atoms with Crippen LogP contribution in [-0.4, -0.2) is 22.2 Å². The molecule has 1 heterocycles. The van der Waals surface area contributed by atoms with Crippen LogP contribution in [0.1, 0.15) is 6.92 Å². The van der Waals surface area contributed by atoms with Crippen LogP contribution in [0.4, 0.5) is 0 Å². The summed E-state index contributed by atoms with van der Waals surface area (Å²) in [6.07, 6.45) is 3.56. The molecule has 1 N–H and O–H groups in total. The Hall–Kier alpha value is -2.24. The number of ether oxygens (including phenoxy) is 2. The molecule has 0 amide bonds. The molecule has 0 bridgehead atoms. The van der Waals surface area contributed by atoms with E-state index in [0.717, 1.165) is 6.08 Å². The number of hydrogen-bond donors (Lipinski definition) is 1. The molecule has 0 spiro atoms. The van der Waals surface area contributed by atoms with E-state index in [1.807, 2.05) is 0 Å². The van der Waals surface area contributed by atoms with Crippen molar-refractivity contribution in [2.24, 2.45) is 0 Å².